The van der Waals surface area contributed by atoms with Crippen LogP contribution >= 0.6 is 0 Å². The normalized spacial score (nSPS) is 18.5. The number of carboxylic acid groups (broad SMARTS) is 1. The van der Waals surface area contributed by atoms with E-state index < -0.39 is 23.8 Å². The number of aliphatic carboxylic acids is 1. The lowest BCUT2D eigenvalue weighted by Gasteiger charge is -2.18. The van der Waals surface area contributed by atoms with E-state index in [1.165, 1.54) is 0 Å². The van der Waals surface area contributed by atoms with Gasteiger partial charge in [0.2, 0.25) is 11.8 Å². The van der Waals surface area contributed by atoms with E-state index in [-0.39, 0.29) is 18.7 Å². The van der Waals surface area contributed by atoms with Gasteiger partial charge >= 0.3 is 5.97 Å². The summed E-state index contributed by atoms with van der Waals surface area (Å²) in [6, 6.07) is 8.10. The van der Waals surface area contributed by atoms with Gasteiger partial charge in [0.1, 0.15) is 6.04 Å². The average molecular weight is 334 g/mol. The summed E-state index contributed by atoms with van der Waals surface area (Å²) in [6.45, 7) is 1.14. The number of benzene rings is 1. The molecule has 0 bridgehead atoms. The second-order valence-electron chi connectivity index (χ2n) is 5.82. The highest BCUT2D eigenvalue weighted by atomic mass is 16.5. The molecule has 0 aromatic heterocycles. The molecule has 7 heteroatoms. The Balaban J connectivity index is 1.93. The summed E-state index contributed by atoms with van der Waals surface area (Å²) in [6.07, 6.45) is 0.309. The van der Waals surface area contributed by atoms with E-state index in [2.05, 4.69) is 5.32 Å². The van der Waals surface area contributed by atoms with Crippen LogP contribution in [0, 0.1) is 5.92 Å². The minimum Gasteiger partial charge on any atom is -0.480 e. The molecule has 2 rings (SSSR count). The molecule has 1 heterocycles. The van der Waals surface area contributed by atoms with Gasteiger partial charge in [0.05, 0.1) is 12.5 Å². The predicted octanol–water partition coefficient (Wildman–Crippen LogP) is 0.293. The third kappa shape index (κ3) is 4.79. The lowest BCUT2D eigenvalue weighted by atomic mass is 10.0. The highest BCUT2D eigenvalue weighted by Gasteiger charge is 2.35. The Morgan fingerprint density at radius 2 is 2.08 bits per heavy atom. The fourth-order valence-corrected chi connectivity index (χ4v) is 2.70. The molecule has 1 fully saturated rings. The van der Waals surface area contributed by atoms with Gasteiger partial charge in [-0.3, -0.25) is 9.59 Å². The molecule has 0 spiro atoms. The van der Waals surface area contributed by atoms with Gasteiger partial charge in [-0.1, -0.05) is 30.3 Å². The van der Waals surface area contributed by atoms with Gasteiger partial charge in [0.25, 0.3) is 0 Å². The van der Waals surface area contributed by atoms with E-state index in [1.807, 2.05) is 30.3 Å². The molecule has 2 atom stereocenters. The topological polar surface area (TPSA) is 95.9 Å². The Labute approximate surface area is 140 Å². The van der Waals surface area contributed by atoms with Crippen LogP contribution in [0.4, 0.5) is 0 Å². The molecule has 0 aliphatic carbocycles. The van der Waals surface area contributed by atoms with Crippen molar-refractivity contribution >= 4 is 17.8 Å². The molecule has 24 heavy (non-hydrogen) atoms. The Hall–Kier alpha value is -2.41. The van der Waals surface area contributed by atoms with Crippen LogP contribution in [0.15, 0.2) is 30.3 Å². The number of methoxy groups -OCH3 is 1. The van der Waals surface area contributed by atoms with Crippen LogP contribution in [0.5, 0.6) is 0 Å². The highest BCUT2D eigenvalue weighted by Crippen LogP contribution is 2.18. The van der Waals surface area contributed by atoms with E-state index in [0.29, 0.717) is 19.7 Å². The smallest absolute Gasteiger partial charge is 0.326 e. The summed E-state index contributed by atoms with van der Waals surface area (Å²) in [7, 11) is 1.55. The lowest BCUT2D eigenvalue weighted by Crippen LogP contribution is -2.45. The van der Waals surface area contributed by atoms with E-state index in [4.69, 9.17) is 4.74 Å². The van der Waals surface area contributed by atoms with Crippen LogP contribution in [0.25, 0.3) is 0 Å². The summed E-state index contributed by atoms with van der Waals surface area (Å²) in [5.41, 5.74) is 0.828. The number of ether oxygens (including phenoxy) is 1. The van der Waals surface area contributed by atoms with Crippen molar-refractivity contribution in [3.63, 3.8) is 0 Å². The molecule has 0 unspecified atom stereocenters. The van der Waals surface area contributed by atoms with Gasteiger partial charge in [-0.25, -0.2) is 4.79 Å². The molecular formula is C17H22N2O5. The number of rotatable bonds is 8. The van der Waals surface area contributed by atoms with E-state index in [0.717, 1.165) is 5.56 Å². The molecular weight excluding hydrogens is 312 g/mol. The first-order valence-corrected chi connectivity index (χ1v) is 7.85. The van der Waals surface area contributed by atoms with Gasteiger partial charge in [0.15, 0.2) is 0 Å². The minimum atomic E-state index is -1.09. The maximum Gasteiger partial charge on any atom is 0.326 e. The molecule has 130 valence electrons. The fraction of sp³-hybridized carbons (Fsp3) is 0.471. The molecule has 2 amide bonds. The summed E-state index contributed by atoms with van der Waals surface area (Å²) >= 11 is 0. The SMILES string of the molecule is COCCN1C[C@@H](C(=O)N[C@@H](Cc2ccccc2)C(=O)O)CC1=O. The van der Waals surface area contributed by atoms with Gasteiger partial charge in [-0.15, -0.1) is 0 Å². The lowest BCUT2D eigenvalue weighted by molar-refractivity contribution is -0.142. The van der Waals surface area contributed by atoms with Gasteiger partial charge in [-0.05, 0) is 5.56 Å². The number of carbonyl (C=O) groups is 3. The zero-order valence-electron chi connectivity index (χ0n) is 13.6. The first-order chi connectivity index (χ1) is 11.5. The van der Waals surface area contributed by atoms with Crippen molar-refractivity contribution in [2.75, 3.05) is 26.8 Å². The second-order valence-corrected chi connectivity index (χ2v) is 5.82. The number of carboxylic acids is 1. The first kappa shape index (κ1) is 17.9. The van der Waals surface area contributed by atoms with Crippen molar-refractivity contribution in [2.45, 2.75) is 18.9 Å². The van der Waals surface area contributed by atoms with E-state index >= 15 is 0 Å². The molecule has 1 aromatic rings. The zero-order chi connectivity index (χ0) is 17.5. The standard InChI is InChI=1S/C17H22N2O5/c1-24-8-7-19-11-13(10-15(19)20)16(21)18-14(17(22)23)9-12-5-3-2-4-6-12/h2-6,13-14H,7-11H2,1H3,(H,18,21)(H,22,23)/t13-,14-/m0/s1. The van der Waals surface area contributed by atoms with Gasteiger partial charge in [-0.2, -0.15) is 0 Å². The quantitative estimate of drug-likeness (QED) is 0.712. The summed E-state index contributed by atoms with van der Waals surface area (Å²) in [5, 5.41) is 11.9. The van der Waals surface area contributed by atoms with Crippen LogP contribution in [0.3, 0.4) is 0 Å². The molecule has 1 aromatic carbocycles. The number of amides is 2. The monoisotopic (exact) mass is 334 g/mol. The zero-order valence-corrected chi connectivity index (χ0v) is 13.6. The Morgan fingerprint density at radius 1 is 1.38 bits per heavy atom. The van der Waals surface area contributed by atoms with E-state index in [1.54, 1.807) is 12.0 Å². The summed E-state index contributed by atoms with van der Waals surface area (Å²) in [4.78, 5) is 37.2. The third-order valence-electron chi connectivity index (χ3n) is 4.05. The third-order valence-corrected chi connectivity index (χ3v) is 4.05. The highest BCUT2D eigenvalue weighted by molar-refractivity contribution is 5.91. The van der Waals surface area contributed by atoms with Gasteiger partial charge in [0, 0.05) is 33.0 Å². The maximum atomic E-state index is 12.3. The van der Waals surface area contributed by atoms with E-state index in [9.17, 15) is 19.5 Å². The Kier molecular flexibility index (Phi) is 6.31. The molecule has 1 saturated heterocycles. The molecule has 0 saturated carbocycles. The summed E-state index contributed by atoms with van der Waals surface area (Å²) < 4.78 is 4.94. The van der Waals surface area contributed by atoms with Crippen molar-refractivity contribution in [1.29, 1.82) is 0 Å². The van der Waals surface area contributed by atoms with Crippen molar-refractivity contribution in [2.24, 2.45) is 5.92 Å². The van der Waals surface area contributed by atoms with Crippen molar-refractivity contribution < 1.29 is 24.2 Å². The van der Waals surface area contributed by atoms with Crippen molar-refractivity contribution in [3.8, 4) is 0 Å². The van der Waals surface area contributed by atoms with Crippen molar-refractivity contribution in [1.82, 2.24) is 10.2 Å². The number of nitrogens with zero attached hydrogens (tertiary/aromatic N) is 1. The molecule has 0 radical (unpaired) electrons. The van der Waals surface area contributed by atoms with Gasteiger partial charge < -0.3 is 20.1 Å². The molecule has 1 aliphatic rings. The van der Waals surface area contributed by atoms with Crippen LogP contribution in [-0.4, -0.2) is 60.6 Å². The van der Waals surface area contributed by atoms with Crippen LogP contribution in [0.2, 0.25) is 0 Å². The number of nitrogens with one attached hydrogen (secondary N) is 1. The molecule has 1 aliphatic heterocycles. The minimum absolute atomic E-state index is 0.104. The number of carbonyl (C=O) groups excluding carboxylic acids is 2. The number of hydrogen-bond donors (Lipinski definition) is 2. The van der Waals surface area contributed by atoms with Crippen molar-refractivity contribution in [3.05, 3.63) is 35.9 Å². The predicted molar refractivity (Wildman–Crippen MR) is 86.3 cm³/mol. The molecule has 2 N–H and O–H groups in total. The van der Waals surface area contributed by atoms with Crippen LogP contribution in [-0.2, 0) is 25.5 Å². The Bertz CT molecular complexity index is 590. The Morgan fingerprint density at radius 3 is 2.71 bits per heavy atom. The first-order valence-electron chi connectivity index (χ1n) is 7.85. The summed E-state index contributed by atoms with van der Waals surface area (Å²) in [5.74, 6) is -2.12. The van der Waals surface area contributed by atoms with Crippen LogP contribution in [0.1, 0.15) is 12.0 Å². The number of hydrogen-bond acceptors (Lipinski definition) is 4. The second kappa shape index (κ2) is 8.44. The fourth-order valence-electron chi connectivity index (χ4n) is 2.70. The average Bonchev–Trinajstić information content (AvgIpc) is 2.94. The molecule has 7 nitrogen and oxygen atoms in total. The maximum absolute atomic E-state index is 12.3. The largest absolute Gasteiger partial charge is 0.480 e. The van der Waals surface area contributed by atoms with Crippen LogP contribution < -0.4 is 5.32 Å². The number of likely N-dealkylation sites (tertiary alicyclic amines) is 1.